The first kappa shape index (κ1) is 17.5. The first-order chi connectivity index (χ1) is 9.60. The van der Waals surface area contributed by atoms with Gasteiger partial charge in [-0.05, 0) is 12.5 Å². The van der Waals surface area contributed by atoms with Gasteiger partial charge < -0.3 is 15.5 Å². The van der Waals surface area contributed by atoms with Crippen molar-refractivity contribution in [3.8, 4) is 0 Å². The molecule has 1 aromatic rings. The number of nitrogens with zero attached hydrogens (tertiary/aromatic N) is 2. The Bertz CT molecular complexity index is 482. The number of amides is 2. The minimum Gasteiger partial charge on any atom is -0.339 e. The monoisotopic (exact) mass is 311 g/mol. The highest BCUT2D eigenvalue weighted by atomic mass is 35.5. The SMILES string of the molecule is Cc1ccc(CC(=O)N2CCN(C(=O)CN)CC2)cc1.Cl. The summed E-state index contributed by atoms with van der Waals surface area (Å²) in [6.45, 7) is 4.41. The minimum atomic E-state index is -0.0457. The number of aryl methyl sites for hydroxylation is 1. The average molecular weight is 312 g/mol. The second-order valence-corrected chi connectivity index (χ2v) is 5.13. The van der Waals surface area contributed by atoms with Gasteiger partial charge in [0, 0.05) is 26.2 Å². The zero-order chi connectivity index (χ0) is 14.5. The number of hydrogen-bond donors (Lipinski definition) is 1. The quantitative estimate of drug-likeness (QED) is 0.888. The molecule has 0 aliphatic carbocycles. The van der Waals surface area contributed by atoms with Crippen LogP contribution in [0, 0.1) is 6.92 Å². The van der Waals surface area contributed by atoms with Crippen LogP contribution < -0.4 is 5.73 Å². The van der Waals surface area contributed by atoms with E-state index in [-0.39, 0.29) is 30.8 Å². The maximum atomic E-state index is 12.2. The molecule has 1 saturated heterocycles. The fourth-order valence-electron chi connectivity index (χ4n) is 2.33. The lowest BCUT2D eigenvalue weighted by molar-refractivity contribution is -0.138. The van der Waals surface area contributed by atoms with Gasteiger partial charge in [-0.25, -0.2) is 0 Å². The van der Waals surface area contributed by atoms with Crippen LogP contribution in [0.25, 0.3) is 0 Å². The molecular weight excluding hydrogens is 290 g/mol. The third-order valence-corrected chi connectivity index (χ3v) is 3.64. The Labute approximate surface area is 131 Å². The summed E-state index contributed by atoms with van der Waals surface area (Å²) in [6, 6.07) is 8.00. The van der Waals surface area contributed by atoms with Gasteiger partial charge in [-0.1, -0.05) is 29.8 Å². The van der Waals surface area contributed by atoms with Crippen molar-refractivity contribution in [1.29, 1.82) is 0 Å². The summed E-state index contributed by atoms with van der Waals surface area (Å²) in [5.74, 6) is 0.0735. The van der Waals surface area contributed by atoms with Crippen LogP contribution in [-0.4, -0.2) is 54.3 Å². The normalized spacial score (nSPS) is 14.6. The molecule has 5 nitrogen and oxygen atoms in total. The minimum absolute atomic E-state index is 0. The Balaban J connectivity index is 0.00000220. The largest absolute Gasteiger partial charge is 0.339 e. The van der Waals surface area contributed by atoms with Crippen LogP contribution >= 0.6 is 12.4 Å². The van der Waals surface area contributed by atoms with Crippen LogP contribution in [0.4, 0.5) is 0 Å². The second kappa shape index (κ2) is 8.00. The van der Waals surface area contributed by atoms with Crippen LogP contribution in [0.3, 0.4) is 0 Å². The molecule has 0 saturated carbocycles. The van der Waals surface area contributed by atoms with E-state index >= 15 is 0 Å². The molecule has 116 valence electrons. The topological polar surface area (TPSA) is 66.6 Å². The summed E-state index contributed by atoms with van der Waals surface area (Å²) in [5.41, 5.74) is 7.56. The summed E-state index contributed by atoms with van der Waals surface area (Å²) in [4.78, 5) is 27.2. The number of hydrogen-bond acceptors (Lipinski definition) is 3. The molecule has 0 radical (unpaired) electrons. The fourth-order valence-corrected chi connectivity index (χ4v) is 2.33. The highest BCUT2D eigenvalue weighted by molar-refractivity contribution is 5.85. The number of carbonyl (C=O) groups excluding carboxylic acids is 2. The van der Waals surface area contributed by atoms with Gasteiger partial charge in [0.2, 0.25) is 11.8 Å². The molecule has 2 N–H and O–H groups in total. The summed E-state index contributed by atoms with van der Waals surface area (Å²) in [6.07, 6.45) is 0.422. The van der Waals surface area contributed by atoms with E-state index in [4.69, 9.17) is 5.73 Å². The van der Waals surface area contributed by atoms with E-state index in [1.54, 1.807) is 4.90 Å². The predicted molar refractivity (Wildman–Crippen MR) is 84.3 cm³/mol. The third kappa shape index (κ3) is 4.72. The molecule has 2 amide bonds. The van der Waals surface area contributed by atoms with Gasteiger partial charge in [0.1, 0.15) is 0 Å². The number of carbonyl (C=O) groups is 2. The number of halogens is 1. The molecule has 1 aliphatic heterocycles. The Kier molecular flexibility index (Phi) is 6.65. The maximum absolute atomic E-state index is 12.2. The molecule has 0 atom stereocenters. The third-order valence-electron chi connectivity index (χ3n) is 3.64. The molecule has 0 aromatic heterocycles. The lowest BCUT2D eigenvalue weighted by Gasteiger charge is -2.34. The van der Waals surface area contributed by atoms with Crippen molar-refractivity contribution >= 4 is 24.2 Å². The van der Waals surface area contributed by atoms with Crippen LogP contribution in [0.5, 0.6) is 0 Å². The van der Waals surface area contributed by atoms with Gasteiger partial charge in [-0.15, -0.1) is 12.4 Å². The lowest BCUT2D eigenvalue weighted by atomic mass is 10.1. The van der Waals surface area contributed by atoms with Crippen LogP contribution in [0.15, 0.2) is 24.3 Å². The summed E-state index contributed by atoms with van der Waals surface area (Å²) in [7, 11) is 0. The van der Waals surface area contributed by atoms with E-state index in [0.29, 0.717) is 32.6 Å². The van der Waals surface area contributed by atoms with Crippen LogP contribution in [-0.2, 0) is 16.0 Å². The van der Waals surface area contributed by atoms with E-state index < -0.39 is 0 Å². The van der Waals surface area contributed by atoms with E-state index in [9.17, 15) is 9.59 Å². The first-order valence-electron chi connectivity index (χ1n) is 6.91. The highest BCUT2D eigenvalue weighted by Crippen LogP contribution is 2.08. The second-order valence-electron chi connectivity index (χ2n) is 5.13. The average Bonchev–Trinajstić information content (AvgIpc) is 2.49. The van der Waals surface area contributed by atoms with Crippen molar-refractivity contribution in [3.05, 3.63) is 35.4 Å². The molecular formula is C15H22ClN3O2. The van der Waals surface area contributed by atoms with Crippen molar-refractivity contribution in [3.63, 3.8) is 0 Å². The molecule has 1 heterocycles. The molecule has 1 fully saturated rings. The summed E-state index contributed by atoms with van der Waals surface area (Å²) < 4.78 is 0. The molecule has 1 aromatic carbocycles. The van der Waals surface area contributed by atoms with Crippen molar-refractivity contribution < 1.29 is 9.59 Å². The Morgan fingerprint density at radius 1 is 1.00 bits per heavy atom. The Morgan fingerprint density at radius 2 is 1.48 bits per heavy atom. The molecule has 0 unspecified atom stereocenters. The number of benzene rings is 1. The van der Waals surface area contributed by atoms with Gasteiger partial charge in [-0.2, -0.15) is 0 Å². The molecule has 6 heteroatoms. The molecule has 0 bridgehead atoms. The molecule has 1 aliphatic rings. The molecule has 0 spiro atoms. The number of nitrogens with two attached hydrogens (primary N) is 1. The maximum Gasteiger partial charge on any atom is 0.236 e. The van der Waals surface area contributed by atoms with E-state index in [0.717, 1.165) is 5.56 Å². The summed E-state index contributed by atoms with van der Waals surface area (Å²) in [5, 5.41) is 0. The molecule has 21 heavy (non-hydrogen) atoms. The van der Waals surface area contributed by atoms with Crippen molar-refractivity contribution in [2.24, 2.45) is 5.73 Å². The van der Waals surface area contributed by atoms with Crippen molar-refractivity contribution in [2.75, 3.05) is 32.7 Å². The zero-order valence-electron chi connectivity index (χ0n) is 12.2. The van der Waals surface area contributed by atoms with Gasteiger partial charge >= 0.3 is 0 Å². The van der Waals surface area contributed by atoms with Crippen molar-refractivity contribution in [2.45, 2.75) is 13.3 Å². The van der Waals surface area contributed by atoms with Crippen LogP contribution in [0.2, 0.25) is 0 Å². The van der Waals surface area contributed by atoms with Gasteiger partial charge in [0.25, 0.3) is 0 Å². The Hall–Kier alpha value is -1.59. The lowest BCUT2D eigenvalue weighted by Crippen LogP contribution is -2.52. The first-order valence-corrected chi connectivity index (χ1v) is 6.91. The van der Waals surface area contributed by atoms with Gasteiger partial charge in [0.05, 0.1) is 13.0 Å². The van der Waals surface area contributed by atoms with E-state index in [1.165, 1.54) is 5.56 Å². The fraction of sp³-hybridized carbons (Fsp3) is 0.467. The summed E-state index contributed by atoms with van der Waals surface area (Å²) >= 11 is 0. The van der Waals surface area contributed by atoms with Crippen LogP contribution in [0.1, 0.15) is 11.1 Å². The Morgan fingerprint density at radius 3 is 1.95 bits per heavy atom. The number of piperazine rings is 1. The van der Waals surface area contributed by atoms with Gasteiger partial charge in [0.15, 0.2) is 0 Å². The van der Waals surface area contributed by atoms with E-state index in [2.05, 4.69) is 0 Å². The highest BCUT2D eigenvalue weighted by Gasteiger charge is 2.23. The number of rotatable bonds is 3. The zero-order valence-corrected chi connectivity index (χ0v) is 13.1. The van der Waals surface area contributed by atoms with Crippen molar-refractivity contribution in [1.82, 2.24) is 9.80 Å². The van der Waals surface area contributed by atoms with Gasteiger partial charge in [-0.3, -0.25) is 9.59 Å². The van der Waals surface area contributed by atoms with E-state index in [1.807, 2.05) is 36.1 Å². The molecule has 2 rings (SSSR count). The standard InChI is InChI=1S/C15H21N3O2.ClH/c1-12-2-4-13(5-3-12)10-14(19)17-6-8-18(9-7-17)15(20)11-16;/h2-5H,6-11,16H2,1H3;1H. The predicted octanol–water partition coefficient (Wildman–Crippen LogP) is 0.589. The smallest absolute Gasteiger partial charge is 0.236 e.